The molecule has 0 fully saturated rings. The van der Waals surface area contributed by atoms with Crippen LogP contribution in [0.1, 0.15) is 49.0 Å². The van der Waals surface area contributed by atoms with E-state index in [-0.39, 0.29) is 16.8 Å². The van der Waals surface area contributed by atoms with Crippen molar-refractivity contribution in [2.75, 3.05) is 0 Å². The average Bonchev–Trinajstić information content (AvgIpc) is 2.37. The van der Waals surface area contributed by atoms with Gasteiger partial charge in [0, 0.05) is 26.8 Å². The second-order valence-electron chi connectivity index (χ2n) is 5.06. The third-order valence-electron chi connectivity index (χ3n) is 3.11. The summed E-state index contributed by atoms with van der Waals surface area (Å²) in [4.78, 5) is 12.1. The molecule has 118 valence electrons. The topological polar surface area (TPSA) is 63.2 Å². The maximum Gasteiger partial charge on any atom is 0.262 e. The molecule has 0 saturated carbocycles. The van der Waals surface area contributed by atoms with Crippen LogP contribution in [0, 0.1) is 6.92 Å². The van der Waals surface area contributed by atoms with Crippen LogP contribution in [-0.2, 0) is 9.05 Å². The Morgan fingerprint density at radius 3 is 2.57 bits per heavy atom. The molecule has 1 aromatic carbocycles. The van der Waals surface area contributed by atoms with Crippen LogP contribution < -0.4 is 5.32 Å². The number of rotatable bonds is 6. The molecule has 0 bridgehead atoms. The standard InChI is InChI=1S/C14H19BrClNO3S/c1-4-5-6-10(3)17-14(18)11-7-9(2)13(15)12(8-11)21(16,19)20/h7-8,10H,4-6H2,1-3H3,(H,17,18). The predicted molar refractivity (Wildman–Crippen MR) is 88.4 cm³/mol. The highest BCUT2D eigenvalue weighted by atomic mass is 79.9. The zero-order chi connectivity index (χ0) is 16.2. The average molecular weight is 397 g/mol. The molecule has 1 unspecified atom stereocenters. The lowest BCUT2D eigenvalue weighted by Gasteiger charge is -2.14. The van der Waals surface area contributed by atoms with E-state index >= 15 is 0 Å². The van der Waals surface area contributed by atoms with Crippen LogP contribution in [0.2, 0.25) is 0 Å². The van der Waals surface area contributed by atoms with Gasteiger partial charge < -0.3 is 5.32 Å². The van der Waals surface area contributed by atoms with Gasteiger partial charge in [0.25, 0.3) is 15.0 Å². The third kappa shape index (κ3) is 5.27. The van der Waals surface area contributed by atoms with Crippen molar-refractivity contribution < 1.29 is 13.2 Å². The zero-order valence-corrected chi connectivity index (χ0v) is 15.4. The number of nitrogens with one attached hydrogen (secondary N) is 1. The van der Waals surface area contributed by atoms with E-state index in [2.05, 4.69) is 28.2 Å². The lowest BCUT2D eigenvalue weighted by atomic mass is 10.1. The van der Waals surface area contributed by atoms with Crippen molar-refractivity contribution in [3.05, 3.63) is 27.7 Å². The summed E-state index contributed by atoms with van der Waals surface area (Å²) in [7, 11) is 1.49. The highest BCUT2D eigenvalue weighted by Gasteiger charge is 2.20. The maximum absolute atomic E-state index is 12.2. The molecule has 4 nitrogen and oxygen atoms in total. The lowest BCUT2D eigenvalue weighted by molar-refractivity contribution is 0.0937. The monoisotopic (exact) mass is 395 g/mol. The van der Waals surface area contributed by atoms with Crippen LogP contribution in [0.5, 0.6) is 0 Å². The van der Waals surface area contributed by atoms with E-state index in [1.54, 1.807) is 13.0 Å². The molecule has 1 atom stereocenters. The second kappa shape index (κ2) is 7.61. The summed E-state index contributed by atoms with van der Waals surface area (Å²) in [5.41, 5.74) is 0.932. The molecule has 0 aliphatic heterocycles. The number of halogens is 2. The minimum Gasteiger partial charge on any atom is -0.350 e. The fourth-order valence-electron chi connectivity index (χ4n) is 1.94. The first kappa shape index (κ1) is 18.5. The van der Waals surface area contributed by atoms with Gasteiger partial charge in [0.1, 0.15) is 0 Å². The normalized spacial score (nSPS) is 13.0. The summed E-state index contributed by atoms with van der Waals surface area (Å²) in [6, 6.07) is 2.97. The van der Waals surface area contributed by atoms with Gasteiger partial charge >= 0.3 is 0 Å². The van der Waals surface area contributed by atoms with Crippen LogP contribution >= 0.6 is 26.6 Å². The molecule has 0 heterocycles. The maximum atomic E-state index is 12.2. The van der Waals surface area contributed by atoms with E-state index in [4.69, 9.17) is 10.7 Å². The lowest BCUT2D eigenvalue weighted by Crippen LogP contribution is -2.32. The van der Waals surface area contributed by atoms with Gasteiger partial charge in [-0.25, -0.2) is 8.42 Å². The second-order valence-corrected chi connectivity index (χ2v) is 8.39. The Kier molecular flexibility index (Phi) is 6.69. The van der Waals surface area contributed by atoms with Gasteiger partial charge in [-0.05, 0) is 53.9 Å². The fraction of sp³-hybridized carbons (Fsp3) is 0.500. The van der Waals surface area contributed by atoms with Crippen molar-refractivity contribution in [3.63, 3.8) is 0 Å². The van der Waals surface area contributed by atoms with E-state index in [1.807, 2.05) is 6.92 Å². The number of unbranched alkanes of at least 4 members (excludes halogenated alkanes) is 1. The van der Waals surface area contributed by atoms with Gasteiger partial charge in [0.15, 0.2) is 0 Å². The van der Waals surface area contributed by atoms with E-state index in [1.165, 1.54) is 6.07 Å². The first-order valence-corrected chi connectivity index (χ1v) is 9.82. The molecule has 0 aliphatic carbocycles. The fourth-order valence-corrected chi connectivity index (χ4v) is 4.09. The molecule has 1 rings (SSSR count). The Balaban J connectivity index is 3.04. The summed E-state index contributed by atoms with van der Waals surface area (Å²) in [5.74, 6) is -0.296. The molecule has 0 aliphatic rings. The zero-order valence-electron chi connectivity index (χ0n) is 12.2. The van der Waals surface area contributed by atoms with Crippen LogP contribution in [0.4, 0.5) is 0 Å². The summed E-state index contributed by atoms with van der Waals surface area (Å²) in [5, 5.41) is 2.86. The molecular weight excluding hydrogens is 378 g/mol. The molecule has 0 radical (unpaired) electrons. The quantitative estimate of drug-likeness (QED) is 0.739. The van der Waals surface area contributed by atoms with Crippen LogP contribution in [0.25, 0.3) is 0 Å². The molecule has 0 aromatic heterocycles. The predicted octanol–water partition coefficient (Wildman–Crippen LogP) is 3.99. The molecule has 7 heteroatoms. The number of aryl methyl sites for hydroxylation is 1. The van der Waals surface area contributed by atoms with Gasteiger partial charge in [0.05, 0.1) is 4.90 Å². The smallest absolute Gasteiger partial charge is 0.262 e. The van der Waals surface area contributed by atoms with E-state index in [0.717, 1.165) is 19.3 Å². The Hall–Kier alpha value is -0.590. The van der Waals surface area contributed by atoms with Crippen LogP contribution in [-0.4, -0.2) is 20.4 Å². The molecule has 1 N–H and O–H groups in total. The van der Waals surface area contributed by atoms with Gasteiger partial charge in [-0.1, -0.05) is 19.8 Å². The number of carbonyl (C=O) groups excluding carboxylic acids is 1. The Morgan fingerprint density at radius 2 is 2.05 bits per heavy atom. The number of hydrogen-bond donors (Lipinski definition) is 1. The molecule has 1 aromatic rings. The van der Waals surface area contributed by atoms with Crippen LogP contribution in [0.3, 0.4) is 0 Å². The number of amides is 1. The number of hydrogen-bond acceptors (Lipinski definition) is 3. The van der Waals surface area contributed by atoms with Crippen molar-refractivity contribution >= 4 is 41.6 Å². The summed E-state index contributed by atoms with van der Waals surface area (Å²) in [6.45, 7) is 5.73. The number of carbonyl (C=O) groups is 1. The summed E-state index contributed by atoms with van der Waals surface area (Å²) >= 11 is 3.19. The summed E-state index contributed by atoms with van der Waals surface area (Å²) in [6.07, 6.45) is 2.98. The van der Waals surface area contributed by atoms with Crippen molar-refractivity contribution in [3.8, 4) is 0 Å². The van der Waals surface area contributed by atoms with Gasteiger partial charge in [-0.3, -0.25) is 4.79 Å². The van der Waals surface area contributed by atoms with Crippen molar-refractivity contribution in [1.82, 2.24) is 5.32 Å². The summed E-state index contributed by atoms with van der Waals surface area (Å²) < 4.78 is 23.5. The Bertz CT molecular complexity index is 631. The van der Waals surface area contributed by atoms with E-state index in [0.29, 0.717) is 15.6 Å². The highest BCUT2D eigenvalue weighted by Crippen LogP contribution is 2.29. The minimum atomic E-state index is -3.91. The van der Waals surface area contributed by atoms with E-state index < -0.39 is 9.05 Å². The Labute approximate surface area is 138 Å². The molecule has 0 spiro atoms. The van der Waals surface area contributed by atoms with Crippen molar-refractivity contribution in [1.29, 1.82) is 0 Å². The number of benzene rings is 1. The first-order chi connectivity index (χ1) is 9.66. The van der Waals surface area contributed by atoms with E-state index in [9.17, 15) is 13.2 Å². The van der Waals surface area contributed by atoms with Gasteiger partial charge in [-0.15, -0.1) is 0 Å². The first-order valence-electron chi connectivity index (χ1n) is 6.72. The van der Waals surface area contributed by atoms with Crippen LogP contribution in [0.15, 0.2) is 21.5 Å². The van der Waals surface area contributed by atoms with Gasteiger partial charge in [-0.2, -0.15) is 0 Å². The minimum absolute atomic E-state index is 0.0393. The third-order valence-corrected chi connectivity index (χ3v) is 5.78. The van der Waals surface area contributed by atoms with Crippen molar-refractivity contribution in [2.45, 2.75) is 51.0 Å². The molecular formula is C14H19BrClNO3S. The Morgan fingerprint density at radius 1 is 1.43 bits per heavy atom. The van der Waals surface area contributed by atoms with Crippen molar-refractivity contribution in [2.24, 2.45) is 0 Å². The molecule has 21 heavy (non-hydrogen) atoms. The highest BCUT2D eigenvalue weighted by molar-refractivity contribution is 9.10. The van der Waals surface area contributed by atoms with Gasteiger partial charge in [0.2, 0.25) is 0 Å². The SMILES string of the molecule is CCCCC(C)NC(=O)c1cc(C)c(Br)c(S(=O)(=O)Cl)c1. The largest absolute Gasteiger partial charge is 0.350 e. The molecule has 1 amide bonds. The molecule has 0 saturated heterocycles.